The van der Waals surface area contributed by atoms with E-state index >= 15 is 0 Å². The molecule has 110 valence electrons. The molecule has 2 aliphatic rings. The highest BCUT2D eigenvalue weighted by Crippen LogP contribution is 2.38. The van der Waals surface area contributed by atoms with Crippen molar-refractivity contribution in [3.8, 4) is 0 Å². The summed E-state index contributed by atoms with van der Waals surface area (Å²) in [5.41, 5.74) is 0. The summed E-state index contributed by atoms with van der Waals surface area (Å²) in [6.45, 7) is 3.80. The standard InChI is InChI=1S/C16H22O4/c1-9(2)14(15-10(17)5-3-6-11(15)18)16-12(19)7-4-8-13(16)20/h9,14-16H,3-8H2,1-2H3. The van der Waals surface area contributed by atoms with Gasteiger partial charge in [-0.05, 0) is 24.7 Å². The predicted octanol–water partition coefficient (Wildman–Crippen LogP) is 2.14. The zero-order valence-electron chi connectivity index (χ0n) is 12.2. The highest BCUT2D eigenvalue weighted by atomic mass is 16.2. The Labute approximate surface area is 119 Å². The highest BCUT2D eigenvalue weighted by Gasteiger charge is 2.47. The average Bonchev–Trinajstić information content (AvgIpc) is 2.35. The van der Waals surface area contributed by atoms with Gasteiger partial charge in [0.15, 0.2) is 0 Å². The topological polar surface area (TPSA) is 68.3 Å². The van der Waals surface area contributed by atoms with Gasteiger partial charge in [-0.25, -0.2) is 0 Å². The molecule has 0 amide bonds. The summed E-state index contributed by atoms with van der Waals surface area (Å²) in [5.74, 6) is -2.24. The van der Waals surface area contributed by atoms with E-state index in [0.29, 0.717) is 38.5 Å². The summed E-state index contributed by atoms with van der Waals surface area (Å²) in [6, 6.07) is 0. The molecule has 0 aromatic carbocycles. The number of carbonyl (C=O) groups excluding carboxylic acids is 4. The fraction of sp³-hybridized carbons (Fsp3) is 0.750. The summed E-state index contributed by atoms with van der Waals surface area (Å²) >= 11 is 0. The van der Waals surface area contributed by atoms with Crippen LogP contribution in [0.5, 0.6) is 0 Å². The van der Waals surface area contributed by atoms with Gasteiger partial charge in [-0.2, -0.15) is 0 Å². The van der Waals surface area contributed by atoms with Crippen molar-refractivity contribution < 1.29 is 19.2 Å². The van der Waals surface area contributed by atoms with Crippen molar-refractivity contribution in [3.63, 3.8) is 0 Å². The van der Waals surface area contributed by atoms with E-state index in [1.165, 1.54) is 0 Å². The predicted molar refractivity (Wildman–Crippen MR) is 73.0 cm³/mol. The number of hydrogen-bond donors (Lipinski definition) is 0. The molecule has 0 heterocycles. The van der Waals surface area contributed by atoms with Gasteiger partial charge in [-0.3, -0.25) is 19.2 Å². The summed E-state index contributed by atoms with van der Waals surface area (Å²) in [5, 5.41) is 0. The smallest absolute Gasteiger partial charge is 0.143 e. The van der Waals surface area contributed by atoms with Crippen molar-refractivity contribution in [1.29, 1.82) is 0 Å². The zero-order chi connectivity index (χ0) is 14.9. The fourth-order valence-electron chi connectivity index (χ4n) is 3.68. The second-order valence-corrected chi connectivity index (χ2v) is 6.35. The molecule has 2 fully saturated rings. The van der Waals surface area contributed by atoms with E-state index in [1.807, 2.05) is 13.8 Å². The molecule has 2 rings (SSSR count). The third kappa shape index (κ3) is 2.74. The number of Topliss-reactive ketones (excluding diaryl/α,β-unsaturated/α-hetero) is 4. The van der Waals surface area contributed by atoms with Crippen molar-refractivity contribution in [3.05, 3.63) is 0 Å². The molecule has 0 radical (unpaired) electrons. The molecule has 20 heavy (non-hydrogen) atoms. The van der Waals surface area contributed by atoms with Gasteiger partial charge < -0.3 is 0 Å². The second-order valence-electron chi connectivity index (χ2n) is 6.35. The van der Waals surface area contributed by atoms with Crippen LogP contribution in [-0.4, -0.2) is 23.1 Å². The molecule has 2 aliphatic carbocycles. The minimum absolute atomic E-state index is 0.0259. The van der Waals surface area contributed by atoms with Crippen molar-refractivity contribution in [2.24, 2.45) is 23.7 Å². The first kappa shape index (κ1) is 15.1. The molecule has 0 aliphatic heterocycles. The minimum atomic E-state index is -0.736. The molecule has 0 saturated heterocycles. The monoisotopic (exact) mass is 278 g/mol. The molecule has 2 saturated carbocycles. The largest absolute Gasteiger partial charge is 0.299 e. The van der Waals surface area contributed by atoms with Crippen LogP contribution in [0.1, 0.15) is 52.4 Å². The number of ketones is 4. The number of carbonyl (C=O) groups is 4. The lowest BCUT2D eigenvalue weighted by atomic mass is 9.64. The SMILES string of the molecule is CC(C)C(C1C(=O)CCCC1=O)C1C(=O)CCCC1=O. The Morgan fingerprint density at radius 2 is 1.00 bits per heavy atom. The van der Waals surface area contributed by atoms with E-state index in [0.717, 1.165) is 0 Å². The quantitative estimate of drug-likeness (QED) is 0.742. The Bertz CT molecular complexity index is 379. The molecule has 0 atom stereocenters. The molecule has 4 nitrogen and oxygen atoms in total. The van der Waals surface area contributed by atoms with Gasteiger partial charge in [0.2, 0.25) is 0 Å². The van der Waals surface area contributed by atoms with Crippen LogP contribution in [-0.2, 0) is 19.2 Å². The normalized spacial score (nSPS) is 23.2. The first-order chi connectivity index (χ1) is 9.43. The van der Waals surface area contributed by atoms with Crippen LogP contribution in [0, 0.1) is 23.7 Å². The van der Waals surface area contributed by atoms with Crippen LogP contribution in [0.4, 0.5) is 0 Å². The van der Waals surface area contributed by atoms with E-state index in [-0.39, 0.29) is 29.1 Å². The Hall–Kier alpha value is -1.32. The maximum Gasteiger partial charge on any atom is 0.143 e. The maximum atomic E-state index is 12.2. The average molecular weight is 278 g/mol. The highest BCUT2D eigenvalue weighted by molar-refractivity contribution is 6.09. The molecule has 0 spiro atoms. The Morgan fingerprint density at radius 1 is 0.700 bits per heavy atom. The van der Waals surface area contributed by atoms with Crippen LogP contribution in [0.2, 0.25) is 0 Å². The second kappa shape index (κ2) is 5.98. The molecule has 0 N–H and O–H groups in total. The van der Waals surface area contributed by atoms with Gasteiger partial charge in [0.05, 0.1) is 11.8 Å². The first-order valence-corrected chi connectivity index (χ1v) is 7.54. The third-order valence-electron chi connectivity index (χ3n) is 4.62. The lowest BCUT2D eigenvalue weighted by Crippen LogP contribution is -2.46. The Morgan fingerprint density at radius 3 is 1.25 bits per heavy atom. The van der Waals surface area contributed by atoms with Crippen molar-refractivity contribution >= 4 is 23.1 Å². The summed E-state index contributed by atoms with van der Waals surface area (Å²) in [4.78, 5) is 48.7. The van der Waals surface area contributed by atoms with E-state index in [9.17, 15) is 19.2 Å². The molecule has 0 unspecified atom stereocenters. The van der Waals surface area contributed by atoms with Crippen LogP contribution in [0.3, 0.4) is 0 Å². The minimum Gasteiger partial charge on any atom is -0.299 e. The number of hydrogen-bond acceptors (Lipinski definition) is 4. The zero-order valence-corrected chi connectivity index (χ0v) is 12.2. The van der Waals surface area contributed by atoms with Gasteiger partial charge in [0.25, 0.3) is 0 Å². The van der Waals surface area contributed by atoms with E-state index in [2.05, 4.69) is 0 Å². The lowest BCUT2D eigenvalue weighted by molar-refractivity contribution is -0.145. The molecular weight excluding hydrogens is 256 g/mol. The van der Waals surface area contributed by atoms with Crippen LogP contribution < -0.4 is 0 Å². The molecule has 4 heteroatoms. The summed E-state index contributed by atoms with van der Waals surface area (Å²) in [7, 11) is 0. The molecule has 0 aromatic rings. The first-order valence-electron chi connectivity index (χ1n) is 7.54. The fourth-order valence-corrected chi connectivity index (χ4v) is 3.68. The van der Waals surface area contributed by atoms with Gasteiger partial charge in [-0.1, -0.05) is 13.8 Å². The van der Waals surface area contributed by atoms with Gasteiger partial charge in [-0.15, -0.1) is 0 Å². The summed E-state index contributed by atoms with van der Waals surface area (Å²) in [6.07, 6.45) is 2.80. The van der Waals surface area contributed by atoms with Crippen molar-refractivity contribution in [2.75, 3.05) is 0 Å². The van der Waals surface area contributed by atoms with E-state index in [1.54, 1.807) is 0 Å². The molecule has 0 bridgehead atoms. The van der Waals surface area contributed by atoms with E-state index < -0.39 is 17.8 Å². The number of rotatable bonds is 3. The third-order valence-corrected chi connectivity index (χ3v) is 4.62. The summed E-state index contributed by atoms with van der Waals surface area (Å²) < 4.78 is 0. The van der Waals surface area contributed by atoms with Crippen molar-refractivity contribution in [1.82, 2.24) is 0 Å². The van der Waals surface area contributed by atoms with Crippen LogP contribution in [0.15, 0.2) is 0 Å². The van der Waals surface area contributed by atoms with Crippen molar-refractivity contribution in [2.45, 2.75) is 52.4 Å². The van der Waals surface area contributed by atoms with Crippen LogP contribution in [0.25, 0.3) is 0 Å². The van der Waals surface area contributed by atoms with Gasteiger partial charge in [0.1, 0.15) is 23.1 Å². The van der Waals surface area contributed by atoms with Gasteiger partial charge in [0, 0.05) is 25.7 Å². The Kier molecular flexibility index (Phi) is 4.51. The van der Waals surface area contributed by atoms with E-state index in [4.69, 9.17) is 0 Å². The lowest BCUT2D eigenvalue weighted by Gasteiger charge is -2.36. The maximum absolute atomic E-state index is 12.2. The van der Waals surface area contributed by atoms with Gasteiger partial charge >= 0.3 is 0 Å². The molecular formula is C16H22O4. The van der Waals surface area contributed by atoms with Crippen LogP contribution >= 0.6 is 0 Å². The molecule has 0 aromatic heterocycles. The Balaban J connectivity index is 2.34.